The second-order valence-electron chi connectivity index (χ2n) is 5.37. The molecule has 102 valence electrons. The lowest BCUT2D eigenvalue weighted by atomic mass is 9.81. The third-order valence-electron chi connectivity index (χ3n) is 4.07. The molecule has 2 atom stereocenters. The van der Waals surface area contributed by atoms with Crippen LogP contribution in [0.1, 0.15) is 29.6 Å². The van der Waals surface area contributed by atoms with Crippen LogP contribution in [0.5, 0.6) is 0 Å². The number of hydrogen-bond donors (Lipinski definition) is 0. The number of ether oxygens (including phenoxy) is 2. The van der Waals surface area contributed by atoms with Gasteiger partial charge >= 0.3 is 0 Å². The number of carbonyl (C=O) groups excluding carboxylic acids is 1. The number of halogens is 1. The first-order valence-corrected chi connectivity index (χ1v) is 7.50. The van der Waals surface area contributed by atoms with Gasteiger partial charge in [0.15, 0.2) is 5.78 Å². The normalized spacial score (nSPS) is 30.7. The van der Waals surface area contributed by atoms with E-state index in [1.807, 2.05) is 24.3 Å². The molecular weight excluding hydrogens is 308 g/mol. The van der Waals surface area contributed by atoms with Gasteiger partial charge in [0, 0.05) is 35.6 Å². The van der Waals surface area contributed by atoms with E-state index >= 15 is 0 Å². The number of ketones is 1. The molecule has 1 aromatic rings. The number of Topliss-reactive ketones (excluding diaryl/α,β-unsaturated/α-hetero) is 1. The maximum Gasteiger partial charge on any atom is 0.167 e. The van der Waals surface area contributed by atoms with Gasteiger partial charge in [-0.05, 0) is 18.9 Å². The van der Waals surface area contributed by atoms with Gasteiger partial charge in [0.2, 0.25) is 0 Å². The summed E-state index contributed by atoms with van der Waals surface area (Å²) in [6.45, 7) is 2.03. The van der Waals surface area contributed by atoms with Gasteiger partial charge < -0.3 is 9.47 Å². The molecule has 0 aliphatic carbocycles. The van der Waals surface area contributed by atoms with Crippen LogP contribution in [0.3, 0.4) is 0 Å². The van der Waals surface area contributed by atoms with Crippen molar-refractivity contribution < 1.29 is 14.3 Å². The van der Waals surface area contributed by atoms with E-state index in [2.05, 4.69) is 15.9 Å². The number of benzene rings is 1. The van der Waals surface area contributed by atoms with Gasteiger partial charge in [-0.25, -0.2) is 0 Å². The van der Waals surface area contributed by atoms with Crippen molar-refractivity contribution in [3.05, 3.63) is 34.3 Å². The highest BCUT2D eigenvalue weighted by atomic mass is 79.9. The fourth-order valence-electron chi connectivity index (χ4n) is 3.00. The summed E-state index contributed by atoms with van der Waals surface area (Å²) in [7, 11) is 0. The summed E-state index contributed by atoms with van der Waals surface area (Å²) < 4.78 is 12.2. The minimum atomic E-state index is -0.208. The molecule has 3 nitrogen and oxygen atoms in total. The van der Waals surface area contributed by atoms with E-state index in [4.69, 9.17) is 9.47 Å². The molecule has 2 unspecified atom stereocenters. The first-order valence-electron chi connectivity index (χ1n) is 6.71. The Bertz CT molecular complexity index is 480. The first-order chi connectivity index (χ1) is 9.20. The maximum atomic E-state index is 12.6. The Morgan fingerprint density at radius 2 is 2.16 bits per heavy atom. The number of carbonyl (C=O) groups is 1. The average molecular weight is 325 g/mol. The van der Waals surface area contributed by atoms with Crippen LogP contribution in [0.25, 0.3) is 0 Å². The molecule has 0 radical (unpaired) electrons. The molecule has 1 aromatic carbocycles. The molecule has 2 saturated heterocycles. The monoisotopic (exact) mass is 324 g/mol. The molecular formula is C15H17BrO3. The lowest BCUT2D eigenvalue weighted by Gasteiger charge is -2.36. The molecule has 0 bridgehead atoms. The van der Waals surface area contributed by atoms with Gasteiger partial charge in [-0.3, -0.25) is 4.79 Å². The molecule has 0 N–H and O–H groups in total. The minimum absolute atomic E-state index is 0.0501. The second-order valence-corrected chi connectivity index (χ2v) is 6.22. The minimum Gasteiger partial charge on any atom is -0.378 e. The van der Waals surface area contributed by atoms with E-state index in [1.165, 1.54) is 0 Å². The summed E-state index contributed by atoms with van der Waals surface area (Å²) in [5, 5.41) is 0. The standard InChI is InChI=1S/C15H17BrO3/c16-13-4-2-1-3-12(13)14(17)11-5-7-19-15(9-11)6-8-18-10-15/h1-4,11H,5-10H2. The van der Waals surface area contributed by atoms with Gasteiger partial charge in [-0.2, -0.15) is 0 Å². The average Bonchev–Trinajstić information content (AvgIpc) is 2.86. The van der Waals surface area contributed by atoms with Crippen molar-refractivity contribution in [1.29, 1.82) is 0 Å². The SMILES string of the molecule is O=C(c1ccccc1Br)C1CCOC2(CCOC2)C1. The summed E-state index contributed by atoms with van der Waals surface area (Å²) in [4.78, 5) is 12.6. The van der Waals surface area contributed by atoms with Crippen molar-refractivity contribution in [2.45, 2.75) is 24.9 Å². The van der Waals surface area contributed by atoms with E-state index in [0.717, 1.165) is 35.9 Å². The van der Waals surface area contributed by atoms with E-state index in [1.54, 1.807) is 0 Å². The summed E-state index contributed by atoms with van der Waals surface area (Å²) in [6, 6.07) is 7.64. The quantitative estimate of drug-likeness (QED) is 0.783. The van der Waals surface area contributed by atoms with Crippen molar-refractivity contribution in [1.82, 2.24) is 0 Å². The van der Waals surface area contributed by atoms with E-state index < -0.39 is 0 Å². The second kappa shape index (κ2) is 5.35. The summed E-state index contributed by atoms with van der Waals surface area (Å²) >= 11 is 3.46. The van der Waals surface area contributed by atoms with Gasteiger partial charge in [0.1, 0.15) is 0 Å². The van der Waals surface area contributed by atoms with E-state index in [0.29, 0.717) is 13.2 Å². The first kappa shape index (κ1) is 13.3. The predicted octanol–water partition coefficient (Wildman–Crippen LogP) is 3.22. The zero-order valence-electron chi connectivity index (χ0n) is 10.7. The molecule has 0 amide bonds. The van der Waals surface area contributed by atoms with E-state index in [9.17, 15) is 4.79 Å². The van der Waals surface area contributed by atoms with E-state index in [-0.39, 0.29) is 17.3 Å². The van der Waals surface area contributed by atoms with Crippen LogP contribution in [-0.2, 0) is 9.47 Å². The van der Waals surface area contributed by atoms with Crippen molar-refractivity contribution in [2.24, 2.45) is 5.92 Å². The molecule has 2 fully saturated rings. The van der Waals surface area contributed by atoms with Crippen LogP contribution in [0, 0.1) is 5.92 Å². The smallest absolute Gasteiger partial charge is 0.167 e. The third-order valence-corrected chi connectivity index (χ3v) is 4.76. The Morgan fingerprint density at radius 3 is 2.89 bits per heavy atom. The summed E-state index contributed by atoms with van der Waals surface area (Å²) in [5.74, 6) is 0.274. The number of hydrogen-bond acceptors (Lipinski definition) is 3. The highest BCUT2D eigenvalue weighted by Crippen LogP contribution is 2.37. The molecule has 4 heteroatoms. The van der Waals surface area contributed by atoms with Crippen LogP contribution in [0.2, 0.25) is 0 Å². The lowest BCUT2D eigenvalue weighted by molar-refractivity contribution is -0.0920. The van der Waals surface area contributed by atoms with Gasteiger partial charge in [-0.1, -0.05) is 34.1 Å². The van der Waals surface area contributed by atoms with Crippen LogP contribution in [-0.4, -0.2) is 31.2 Å². The van der Waals surface area contributed by atoms with Crippen LogP contribution in [0.15, 0.2) is 28.7 Å². The molecule has 2 aliphatic heterocycles. The zero-order chi connectivity index (χ0) is 13.3. The van der Waals surface area contributed by atoms with Crippen molar-refractivity contribution in [3.63, 3.8) is 0 Å². The number of rotatable bonds is 2. The maximum absolute atomic E-state index is 12.6. The Hall–Kier alpha value is -0.710. The van der Waals surface area contributed by atoms with Crippen molar-refractivity contribution in [3.8, 4) is 0 Å². The van der Waals surface area contributed by atoms with Crippen LogP contribution >= 0.6 is 15.9 Å². The van der Waals surface area contributed by atoms with Crippen molar-refractivity contribution in [2.75, 3.05) is 19.8 Å². The molecule has 0 aromatic heterocycles. The molecule has 2 aliphatic rings. The van der Waals surface area contributed by atoms with Crippen LogP contribution in [0.4, 0.5) is 0 Å². The van der Waals surface area contributed by atoms with Crippen molar-refractivity contribution >= 4 is 21.7 Å². The topological polar surface area (TPSA) is 35.5 Å². The predicted molar refractivity (Wildman–Crippen MR) is 75.3 cm³/mol. The Balaban J connectivity index is 1.78. The summed E-state index contributed by atoms with van der Waals surface area (Å²) in [6.07, 6.45) is 2.50. The fraction of sp³-hybridized carbons (Fsp3) is 0.533. The summed E-state index contributed by atoms with van der Waals surface area (Å²) in [5.41, 5.74) is 0.572. The highest BCUT2D eigenvalue weighted by Gasteiger charge is 2.43. The highest BCUT2D eigenvalue weighted by molar-refractivity contribution is 9.10. The largest absolute Gasteiger partial charge is 0.378 e. The Morgan fingerprint density at radius 1 is 1.32 bits per heavy atom. The Kier molecular flexibility index (Phi) is 3.74. The molecule has 3 rings (SSSR count). The molecule has 2 heterocycles. The fourth-order valence-corrected chi connectivity index (χ4v) is 3.48. The Labute approximate surface area is 121 Å². The zero-order valence-corrected chi connectivity index (χ0v) is 12.3. The molecule has 19 heavy (non-hydrogen) atoms. The van der Waals surface area contributed by atoms with Crippen LogP contribution < -0.4 is 0 Å². The van der Waals surface area contributed by atoms with Gasteiger partial charge in [0.05, 0.1) is 12.2 Å². The van der Waals surface area contributed by atoms with Gasteiger partial charge in [0.25, 0.3) is 0 Å². The molecule has 1 spiro atoms. The van der Waals surface area contributed by atoms with Gasteiger partial charge in [-0.15, -0.1) is 0 Å². The third kappa shape index (κ3) is 2.62. The lowest BCUT2D eigenvalue weighted by Crippen LogP contribution is -2.42. The molecule has 0 saturated carbocycles.